The molecule has 0 heterocycles. The van der Waals surface area contributed by atoms with Crippen molar-refractivity contribution in [1.82, 2.24) is 0 Å². The van der Waals surface area contributed by atoms with E-state index in [0.29, 0.717) is 0 Å². The van der Waals surface area contributed by atoms with Crippen molar-refractivity contribution >= 4 is 19.3 Å². The summed E-state index contributed by atoms with van der Waals surface area (Å²) in [7, 11) is -2.92. The Hall–Kier alpha value is 0.677. The zero-order valence-electron chi connectivity index (χ0n) is 7.51. The second-order valence-corrected chi connectivity index (χ2v) is 0.899. The first-order valence-corrected chi connectivity index (χ1v) is 1.81. The summed E-state index contributed by atoms with van der Waals surface area (Å²) >= 11 is 0. The first-order chi connectivity index (χ1) is 4.37. The molecule has 2 N–H and O–H groups in total. The molecule has 7 nitrogen and oxygen atoms in total. The fraction of sp³-hybridized carbons (Fsp3) is 0. The molecule has 0 saturated heterocycles. The van der Waals surface area contributed by atoms with Crippen LogP contribution in [-0.2, 0) is 9.59 Å². The van der Waals surface area contributed by atoms with Gasteiger partial charge in [-0.25, -0.2) is 9.59 Å². The van der Waals surface area contributed by atoms with E-state index >= 15 is 0 Å². The maximum Gasteiger partial charge on any atom is 1.00 e. The van der Waals surface area contributed by atoms with Gasteiger partial charge in [-0.1, -0.05) is 0 Å². The Balaban J connectivity index is -0.0000000279. The molecule has 0 aromatic heterocycles. The molecule has 0 bridgehead atoms. The second-order valence-electron chi connectivity index (χ2n) is 0.899. The third-order valence-electron chi connectivity index (χ3n) is 0.183. The summed E-state index contributed by atoms with van der Waals surface area (Å²) in [5.74, 6) is -3.65. The average molecular weight is 170 g/mol. The van der Waals surface area contributed by atoms with Gasteiger partial charge in [-0.2, -0.15) is 0 Å². The number of hydrogen-bond acceptors (Lipinski definition) is 5. The van der Waals surface area contributed by atoms with Gasteiger partial charge in [0.05, 0.1) is 0 Å². The number of carboxylic acid groups (broad SMARTS) is 2. The third kappa shape index (κ3) is 66.1. The maximum absolute atomic E-state index is 9.10. The summed E-state index contributed by atoms with van der Waals surface area (Å²) in [4.78, 5) is 18.2. The van der Waals surface area contributed by atoms with Crippen LogP contribution in [0.5, 0.6) is 0 Å². The number of aliphatic carboxylic acids is 2. The zero-order chi connectivity index (χ0) is 8.73. The average Bonchev–Trinajstić information content (AvgIpc) is 1.63. The fourth-order valence-corrected chi connectivity index (χ4v) is 0. The van der Waals surface area contributed by atoms with E-state index in [-0.39, 0.29) is 56.6 Å². The van der Waals surface area contributed by atoms with Crippen molar-refractivity contribution in [3.05, 3.63) is 0 Å². The predicted octanol–water partition coefficient (Wildman–Crippen LogP) is -13.8. The molecule has 0 aliphatic carbocycles. The van der Waals surface area contributed by atoms with Gasteiger partial charge in [0.15, 0.2) is 0 Å². The Morgan fingerprint density at radius 3 is 0.923 bits per heavy atom. The Bertz CT molecular complexity index is 114. The monoisotopic (exact) mass is 170 g/mol. The Labute approximate surface area is 110 Å². The van der Waals surface area contributed by atoms with Gasteiger partial charge in [0, 0.05) is 0 Å². The van der Waals surface area contributed by atoms with Crippen molar-refractivity contribution in [3.8, 4) is 0 Å². The summed E-state index contributed by atoms with van der Waals surface area (Å²) in [5.41, 5.74) is 0. The summed E-state index contributed by atoms with van der Waals surface area (Å²) in [6.07, 6.45) is 0. The van der Waals surface area contributed by atoms with Crippen LogP contribution in [-0.4, -0.2) is 29.5 Å². The van der Waals surface area contributed by atoms with Crippen LogP contribution in [0.4, 0.5) is 0 Å². The SMILES string of the molecule is O=C(O)C(=O)O.[Li+].[Li+].[Li+].[O-]B([O-])[O-]. The molecular formula is C2H2BLi3O7. The van der Waals surface area contributed by atoms with Crippen molar-refractivity contribution in [2.24, 2.45) is 0 Å². The van der Waals surface area contributed by atoms with Gasteiger partial charge in [0.25, 0.3) is 0 Å². The zero-order valence-corrected chi connectivity index (χ0v) is 7.51. The molecule has 11 heteroatoms. The van der Waals surface area contributed by atoms with Crippen LogP contribution in [0.2, 0.25) is 0 Å². The predicted molar refractivity (Wildman–Crippen MR) is 21.0 cm³/mol. The van der Waals surface area contributed by atoms with Gasteiger partial charge < -0.3 is 25.3 Å². The Morgan fingerprint density at radius 2 is 0.923 bits per heavy atom. The van der Waals surface area contributed by atoms with Crippen LogP contribution < -0.4 is 71.7 Å². The second kappa shape index (κ2) is 18.5. The van der Waals surface area contributed by atoms with Gasteiger partial charge in [-0.15, -0.1) is 0 Å². The molecule has 0 spiro atoms. The van der Waals surface area contributed by atoms with Crippen LogP contribution in [0.3, 0.4) is 0 Å². The number of carbonyl (C=O) groups is 2. The summed E-state index contributed by atoms with van der Waals surface area (Å²) in [5, 5.41) is 40.0. The van der Waals surface area contributed by atoms with E-state index in [2.05, 4.69) is 0 Å². The minimum absolute atomic E-state index is 0. The fourth-order valence-electron chi connectivity index (χ4n) is 0. The van der Waals surface area contributed by atoms with E-state index in [1.54, 1.807) is 0 Å². The largest absolute Gasteiger partial charge is 1.00 e. The van der Waals surface area contributed by atoms with Crippen molar-refractivity contribution in [2.75, 3.05) is 0 Å². The maximum atomic E-state index is 9.10. The molecular weight excluding hydrogens is 168 g/mol. The van der Waals surface area contributed by atoms with E-state index in [4.69, 9.17) is 34.9 Å². The van der Waals surface area contributed by atoms with E-state index < -0.39 is 19.3 Å². The third-order valence-corrected chi connectivity index (χ3v) is 0.183. The van der Waals surface area contributed by atoms with Crippen LogP contribution in [0.25, 0.3) is 0 Å². The van der Waals surface area contributed by atoms with Gasteiger partial charge in [-0.3, -0.25) is 7.32 Å². The molecule has 0 aliphatic heterocycles. The summed E-state index contributed by atoms with van der Waals surface area (Å²) in [6, 6.07) is 0. The van der Waals surface area contributed by atoms with E-state index in [9.17, 15) is 0 Å². The molecule has 0 atom stereocenters. The van der Waals surface area contributed by atoms with E-state index in [1.807, 2.05) is 0 Å². The van der Waals surface area contributed by atoms with Crippen molar-refractivity contribution in [2.45, 2.75) is 0 Å². The molecule has 0 saturated carbocycles. The molecule has 13 heavy (non-hydrogen) atoms. The van der Waals surface area contributed by atoms with E-state index in [1.165, 1.54) is 0 Å². The van der Waals surface area contributed by atoms with E-state index in [0.717, 1.165) is 0 Å². The molecule has 0 fully saturated rings. The molecule has 0 unspecified atom stereocenters. The van der Waals surface area contributed by atoms with Crippen molar-refractivity contribution in [3.63, 3.8) is 0 Å². The minimum atomic E-state index is -2.92. The minimum Gasteiger partial charge on any atom is -0.907 e. The van der Waals surface area contributed by atoms with Gasteiger partial charge in [-0.05, 0) is 0 Å². The van der Waals surface area contributed by atoms with Gasteiger partial charge in [0.2, 0.25) is 0 Å². The standard InChI is InChI=1S/C2H2O4.BO3.3Li/c3-1(4)2(5)6;2-1(3)4;;;/h(H,3,4)(H,5,6);;;;/q;-3;3*+1. The molecule has 0 radical (unpaired) electrons. The molecule has 58 valence electrons. The number of carboxylic acids is 2. The Morgan fingerprint density at radius 1 is 0.846 bits per heavy atom. The number of rotatable bonds is 0. The van der Waals surface area contributed by atoms with Crippen LogP contribution in [0.1, 0.15) is 0 Å². The first-order valence-electron chi connectivity index (χ1n) is 1.81. The normalized spacial score (nSPS) is 5.46. The van der Waals surface area contributed by atoms with Gasteiger partial charge >= 0.3 is 68.5 Å². The van der Waals surface area contributed by atoms with Crippen molar-refractivity contribution < 1.29 is 91.5 Å². The molecule has 0 rings (SSSR count). The smallest absolute Gasteiger partial charge is 0.907 e. The Kier molecular flexibility index (Phi) is 41.5. The van der Waals surface area contributed by atoms with Gasteiger partial charge in [0.1, 0.15) is 0 Å². The molecule has 0 aliphatic rings. The molecule has 0 amide bonds. The first kappa shape index (κ1) is 29.2. The van der Waals surface area contributed by atoms with Crippen LogP contribution in [0.15, 0.2) is 0 Å². The van der Waals surface area contributed by atoms with Crippen LogP contribution in [0, 0.1) is 0 Å². The molecule has 0 aromatic carbocycles. The molecule has 0 aromatic rings. The number of hydrogen-bond donors (Lipinski definition) is 2. The summed E-state index contributed by atoms with van der Waals surface area (Å²) < 4.78 is 0. The quantitative estimate of drug-likeness (QED) is 0.271. The summed E-state index contributed by atoms with van der Waals surface area (Å²) in [6.45, 7) is 0. The van der Waals surface area contributed by atoms with Crippen LogP contribution >= 0.6 is 0 Å². The topological polar surface area (TPSA) is 144 Å². The van der Waals surface area contributed by atoms with Crippen molar-refractivity contribution in [1.29, 1.82) is 0 Å².